The quantitative estimate of drug-likeness (QED) is 0.0420. The predicted molar refractivity (Wildman–Crippen MR) is 318 cm³/mol. The molecule has 0 aliphatic carbocycles. The number of aliphatic hydroxyl groups excluding tert-OH is 2. The average molecular weight is 993 g/mol. The standard InChI is InChI=1S/C67H125NO3/c1-3-5-7-9-11-13-15-17-19-21-23-25-27-29-31-32-33-34-35-36-37-39-41-43-45-47-49-51-53-55-57-59-61-63-67(71)68-65(64-69)66(70)62-60-58-56-54-52-50-48-46-44-42-40-38-30-28-26-24-22-20-18-16-14-12-10-8-6-4-2/h5,7,11,13,17,19,23,25,29,31,65-66,69-70H,3-4,6,8-10,12,14-16,18,20-22,24,26-28,30,32-64H2,1-2H3,(H,68,71)/b7-5-,13-11-,19-17-,25-23-,31-29-. The third-order valence-corrected chi connectivity index (χ3v) is 14.8. The van der Waals surface area contributed by atoms with Crippen LogP contribution in [0.3, 0.4) is 0 Å². The molecule has 0 spiro atoms. The summed E-state index contributed by atoms with van der Waals surface area (Å²) in [7, 11) is 0. The molecule has 0 aliphatic rings. The number of rotatable bonds is 59. The maximum absolute atomic E-state index is 12.5. The first-order valence-electron chi connectivity index (χ1n) is 32.0. The number of hydrogen-bond donors (Lipinski definition) is 3. The Hall–Kier alpha value is -1.91. The Bertz CT molecular complexity index is 1170. The van der Waals surface area contributed by atoms with E-state index in [0.717, 1.165) is 57.8 Å². The Kier molecular flexibility index (Phi) is 60.7. The van der Waals surface area contributed by atoms with Crippen molar-refractivity contribution in [1.29, 1.82) is 0 Å². The molecule has 0 heterocycles. The zero-order valence-corrected chi connectivity index (χ0v) is 48.0. The minimum Gasteiger partial charge on any atom is -0.394 e. The lowest BCUT2D eigenvalue weighted by atomic mass is 10.0. The van der Waals surface area contributed by atoms with E-state index in [1.165, 1.54) is 257 Å². The molecule has 0 radical (unpaired) electrons. The first kappa shape index (κ1) is 69.1. The molecule has 0 fully saturated rings. The molecule has 2 unspecified atom stereocenters. The van der Waals surface area contributed by atoms with Crippen molar-refractivity contribution in [3.05, 3.63) is 60.8 Å². The lowest BCUT2D eigenvalue weighted by Gasteiger charge is -2.22. The van der Waals surface area contributed by atoms with Crippen molar-refractivity contribution < 1.29 is 15.0 Å². The largest absolute Gasteiger partial charge is 0.394 e. The normalized spacial score (nSPS) is 13.1. The highest BCUT2D eigenvalue weighted by atomic mass is 16.3. The van der Waals surface area contributed by atoms with Crippen LogP contribution >= 0.6 is 0 Å². The van der Waals surface area contributed by atoms with Crippen LogP contribution in [0.1, 0.15) is 341 Å². The molecule has 0 rings (SSSR count). The summed E-state index contributed by atoms with van der Waals surface area (Å²) in [5.74, 6) is -0.0267. The smallest absolute Gasteiger partial charge is 0.220 e. The van der Waals surface area contributed by atoms with E-state index in [-0.39, 0.29) is 12.5 Å². The summed E-state index contributed by atoms with van der Waals surface area (Å²) < 4.78 is 0. The van der Waals surface area contributed by atoms with Gasteiger partial charge in [0.15, 0.2) is 0 Å². The number of unbranched alkanes of at least 4 members (excludes halogenated alkanes) is 42. The number of nitrogens with one attached hydrogen (secondary N) is 1. The van der Waals surface area contributed by atoms with Crippen LogP contribution in [0.15, 0.2) is 60.8 Å². The summed E-state index contributed by atoms with van der Waals surface area (Å²) in [6.45, 7) is 4.28. The molecule has 4 nitrogen and oxygen atoms in total. The number of aliphatic hydroxyl groups is 2. The fourth-order valence-electron chi connectivity index (χ4n) is 9.98. The Balaban J connectivity index is 3.43. The van der Waals surface area contributed by atoms with Crippen molar-refractivity contribution in [1.82, 2.24) is 5.32 Å². The molecule has 71 heavy (non-hydrogen) atoms. The second-order valence-corrected chi connectivity index (χ2v) is 21.8. The third-order valence-electron chi connectivity index (χ3n) is 14.8. The Labute approximate surface area is 445 Å². The van der Waals surface area contributed by atoms with E-state index in [1.54, 1.807) is 0 Å². The highest BCUT2D eigenvalue weighted by molar-refractivity contribution is 5.76. The van der Waals surface area contributed by atoms with E-state index in [4.69, 9.17) is 0 Å². The van der Waals surface area contributed by atoms with Crippen LogP contribution in [0.4, 0.5) is 0 Å². The van der Waals surface area contributed by atoms with Crippen molar-refractivity contribution in [2.75, 3.05) is 6.61 Å². The van der Waals surface area contributed by atoms with E-state index in [2.05, 4.69) is 79.9 Å². The summed E-state index contributed by atoms with van der Waals surface area (Å²) in [5.41, 5.74) is 0. The van der Waals surface area contributed by atoms with Gasteiger partial charge in [-0.05, 0) is 57.8 Å². The summed E-state index contributed by atoms with van der Waals surface area (Å²) in [4.78, 5) is 12.5. The average Bonchev–Trinajstić information content (AvgIpc) is 3.37. The van der Waals surface area contributed by atoms with Crippen molar-refractivity contribution >= 4 is 5.91 Å². The van der Waals surface area contributed by atoms with Gasteiger partial charge in [0.05, 0.1) is 18.8 Å². The summed E-state index contributed by atoms with van der Waals surface area (Å²) >= 11 is 0. The number of amides is 1. The zero-order valence-electron chi connectivity index (χ0n) is 48.0. The van der Waals surface area contributed by atoms with Crippen molar-refractivity contribution in [3.63, 3.8) is 0 Å². The van der Waals surface area contributed by atoms with E-state index in [1.807, 2.05) is 0 Å². The lowest BCUT2D eigenvalue weighted by Crippen LogP contribution is -2.45. The maximum atomic E-state index is 12.5. The molecule has 416 valence electrons. The Morgan fingerprint density at radius 2 is 0.620 bits per heavy atom. The molecular weight excluding hydrogens is 867 g/mol. The molecule has 1 amide bonds. The highest BCUT2D eigenvalue weighted by Gasteiger charge is 2.20. The number of carbonyl (C=O) groups excluding carboxylic acids is 1. The van der Waals surface area contributed by atoms with E-state index < -0.39 is 12.1 Å². The predicted octanol–water partition coefficient (Wildman–Crippen LogP) is 21.5. The van der Waals surface area contributed by atoms with Gasteiger partial charge in [-0.1, -0.05) is 338 Å². The first-order valence-corrected chi connectivity index (χ1v) is 32.0. The number of carbonyl (C=O) groups is 1. The second kappa shape index (κ2) is 62.4. The van der Waals surface area contributed by atoms with E-state index >= 15 is 0 Å². The monoisotopic (exact) mass is 992 g/mol. The summed E-state index contributed by atoms with van der Waals surface area (Å²) in [5, 5.41) is 23.4. The molecule has 4 heteroatoms. The van der Waals surface area contributed by atoms with Crippen LogP contribution in [-0.4, -0.2) is 34.9 Å². The Morgan fingerprint density at radius 1 is 0.352 bits per heavy atom. The SMILES string of the molecule is CC/C=C\C/C=C\C/C=C\C/C=C\C/C=C\CCCCCCCCCCCCCCCCCCCC(=O)NC(CO)C(O)CCCCCCCCCCCCCCCCCCCCCCCCCCCC. The van der Waals surface area contributed by atoms with Gasteiger partial charge in [-0.15, -0.1) is 0 Å². The van der Waals surface area contributed by atoms with Crippen LogP contribution in [-0.2, 0) is 4.79 Å². The van der Waals surface area contributed by atoms with Gasteiger partial charge < -0.3 is 15.5 Å². The highest BCUT2D eigenvalue weighted by Crippen LogP contribution is 2.18. The molecule has 3 N–H and O–H groups in total. The van der Waals surface area contributed by atoms with Crippen LogP contribution in [0, 0.1) is 0 Å². The first-order chi connectivity index (χ1) is 35.2. The molecule has 0 aliphatic heterocycles. The maximum Gasteiger partial charge on any atom is 0.220 e. The van der Waals surface area contributed by atoms with Gasteiger partial charge in [-0.25, -0.2) is 0 Å². The van der Waals surface area contributed by atoms with Gasteiger partial charge in [-0.2, -0.15) is 0 Å². The number of allylic oxidation sites excluding steroid dienone is 10. The molecule has 0 bridgehead atoms. The van der Waals surface area contributed by atoms with E-state index in [0.29, 0.717) is 12.8 Å². The Morgan fingerprint density at radius 3 is 0.930 bits per heavy atom. The van der Waals surface area contributed by atoms with Crippen LogP contribution < -0.4 is 5.32 Å². The van der Waals surface area contributed by atoms with Gasteiger partial charge in [0, 0.05) is 6.42 Å². The third kappa shape index (κ3) is 58.8. The van der Waals surface area contributed by atoms with Crippen LogP contribution in [0.2, 0.25) is 0 Å². The fourth-order valence-corrected chi connectivity index (χ4v) is 9.98. The minimum atomic E-state index is -0.662. The molecule has 0 aromatic heterocycles. The van der Waals surface area contributed by atoms with Crippen LogP contribution in [0.5, 0.6) is 0 Å². The van der Waals surface area contributed by atoms with Crippen LogP contribution in [0.25, 0.3) is 0 Å². The van der Waals surface area contributed by atoms with Crippen molar-refractivity contribution in [2.24, 2.45) is 0 Å². The van der Waals surface area contributed by atoms with Crippen molar-refractivity contribution in [2.45, 2.75) is 353 Å². The second-order valence-electron chi connectivity index (χ2n) is 21.8. The topological polar surface area (TPSA) is 69.6 Å². The lowest BCUT2D eigenvalue weighted by molar-refractivity contribution is -0.123. The molecule has 2 atom stereocenters. The summed E-state index contributed by atoms with van der Waals surface area (Å²) in [6, 6.07) is -0.539. The molecule has 0 aromatic carbocycles. The molecule has 0 saturated heterocycles. The van der Waals surface area contributed by atoms with Gasteiger partial charge in [0.2, 0.25) is 5.91 Å². The molecule has 0 saturated carbocycles. The van der Waals surface area contributed by atoms with Gasteiger partial charge >= 0.3 is 0 Å². The number of hydrogen-bond acceptors (Lipinski definition) is 3. The fraction of sp³-hybridized carbons (Fsp3) is 0.836. The van der Waals surface area contributed by atoms with Gasteiger partial charge in [-0.3, -0.25) is 4.79 Å². The molecular formula is C67H125NO3. The molecule has 0 aromatic rings. The van der Waals surface area contributed by atoms with Gasteiger partial charge in [0.1, 0.15) is 0 Å². The zero-order chi connectivity index (χ0) is 51.3. The minimum absolute atomic E-state index is 0.0267. The van der Waals surface area contributed by atoms with E-state index in [9.17, 15) is 15.0 Å². The van der Waals surface area contributed by atoms with Crippen molar-refractivity contribution in [3.8, 4) is 0 Å². The summed E-state index contributed by atoms with van der Waals surface area (Å²) in [6.07, 6.45) is 88.1. The van der Waals surface area contributed by atoms with Gasteiger partial charge in [0.25, 0.3) is 0 Å².